The number of nitrogens with zero attached hydrogens (tertiary/aromatic N) is 1. The van der Waals surface area contributed by atoms with Crippen LogP contribution in [0.2, 0.25) is 0 Å². The maximum atomic E-state index is 4.78. The second-order valence-electron chi connectivity index (χ2n) is 5.05. The number of hydrogen-bond donors (Lipinski definition) is 1. The Labute approximate surface area is 93.6 Å². The van der Waals surface area contributed by atoms with Gasteiger partial charge in [0.2, 0.25) is 0 Å². The van der Waals surface area contributed by atoms with E-state index in [2.05, 4.69) is 11.5 Å². The molecule has 0 amide bonds. The predicted molar refractivity (Wildman–Crippen MR) is 65.6 cm³/mol. The maximum Gasteiger partial charge on any atom is 0.0620 e. The minimum absolute atomic E-state index is 0.564. The normalized spacial score (nSPS) is 30.5. The van der Waals surface area contributed by atoms with Crippen molar-refractivity contribution >= 4 is 6.21 Å². The quantitative estimate of drug-likeness (QED) is 0.693. The van der Waals surface area contributed by atoms with Crippen LogP contribution in [-0.4, -0.2) is 25.3 Å². The van der Waals surface area contributed by atoms with Crippen molar-refractivity contribution in [2.45, 2.75) is 57.4 Å². The molecule has 0 aromatic heterocycles. The van der Waals surface area contributed by atoms with Crippen molar-refractivity contribution in [3.05, 3.63) is 0 Å². The molecule has 1 N–H and O–H groups in total. The Balaban J connectivity index is 1.75. The van der Waals surface area contributed by atoms with Gasteiger partial charge in [-0.15, -0.1) is 0 Å². The molecule has 2 nitrogen and oxygen atoms in total. The number of hydrogen-bond acceptors (Lipinski definition) is 2. The number of rotatable bonds is 2. The van der Waals surface area contributed by atoms with Crippen molar-refractivity contribution in [1.82, 2.24) is 5.32 Å². The van der Waals surface area contributed by atoms with Crippen LogP contribution in [0, 0.1) is 5.92 Å². The van der Waals surface area contributed by atoms with Gasteiger partial charge >= 0.3 is 0 Å². The summed E-state index contributed by atoms with van der Waals surface area (Å²) in [5.74, 6) is 0.794. The van der Waals surface area contributed by atoms with Crippen molar-refractivity contribution in [2.75, 3.05) is 13.1 Å². The molecular weight excluding hydrogens is 184 g/mol. The zero-order valence-corrected chi connectivity index (χ0v) is 9.75. The lowest BCUT2D eigenvalue weighted by atomic mass is 9.90. The first kappa shape index (κ1) is 11.1. The fraction of sp³-hybridized carbons (Fsp3) is 0.923. The summed E-state index contributed by atoms with van der Waals surface area (Å²) >= 11 is 0. The van der Waals surface area contributed by atoms with E-state index in [1.54, 1.807) is 0 Å². The molecular formula is C13H24N2. The van der Waals surface area contributed by atoms with Crippen molar-refractivity contribution in [2.24, 2.45) is 10.9 Å². The summed E-state index contributed by atoms with van der Waals surface area (Å²) in [5, 5.41) is 3.47. The molecule has 1 saturated carbocycles. The molecule has 86 valence electrons. The third-order valence-electron chi connectivity index (χ3n) is 3.68. The van der Waals surface area contributed by atoms with Gasteiger partial charge in [0, 0.05) is 12.8 Å². The van der Waals surface area contributed by atoms with E-state index in [9.17, 15) is 0 Å². The first-order valence-corrected chi connectivity index (χ1v) is 6.69. The highest BCUT2D eigenvalue weighted by Crippen LogP contribution is 2.22. The van der Waals surface area contributed by atoms with Gasteiger partial charge in [-0.05, 0) is 38.1 Å². The molecule has 0 aromatic carbocycles. The molecule has 1 aliphatic heterocycles. The Kier molecular flexibility index (Phi) is 4.65. The van der Waals surface area contributed by atoms with E-state index < -0.39 is 0 Å². The van der Waals surface area contributed by atoms with Gasteiger partial charge in [0.05, 0.1) is 6.04 Å². The third-order valence-corrected chi connectivity index (χ3v) is 3.68. The van der Waals surface area contributed by atoms with Crippen LogP contribution in [0.25, 0.3) is 0 Å². The number of nitrogens with one attached hydrogen (secondary N) is 1. The summed E-state index contributed by atoms with van der Waals surface area (Å²) in [7, 11) is 0. The van der Waals surface area contributed by atoms with Crippen molar-refractivity contribution in [3.8, 4) is 0 Å². The minimum atomic E-state index is 0.564. The molecule has 2 aliphatic rings. The lowest BCUT2D eigenvalue weighted by molar-refractivity contribution is 0.442. The van der Waals surface area contributed by atoms with Gasteiger partial charge in [0.25, 0.3) is 0 Å². The van der Waals surface area contributed by atoms with Gasteiger partial charge in [0.1, 0.15) is 0 Å². The van der Waals surface area contributed by atoms with E-state index in [0.717, 1.165) is 12.5 Å². The first-order valence-electron chi connectivity index (χ1n) is 6.69. The number of aliphatic imine (C=N–C) groups is 1. The van der Waals surface area contributed by atoms with Crippen LogP contribution in [0.5, 0.6) is 0 Å². The molecule has 1 saturated heterocycles. The lowest BCUT2D eigenvalue weighted by Gasteiger charge is -2.18. The summed E-state index contributed by atoms with van der Waals surface area (Å²) < 4.78 is 0. The zero-order valence-electron chi connectivity index (χ0n) is 9.75. The second kappa shape index (κ2) is 6.26. The molecule has 1 atom stereocenters. The molecule has 2 heteroatoms. The van der Waals surface area contributed by atoms with Gasteiger partial charge in [0.15, 0.2) is 0 Å². The van der Waals surface area contributed by atoms with Gasteiger partial charge in [-0.1, -0.05) is 25.7 Å². The maximum absolute atomic E-state index is 4.78. The third kappa shape index (κ3) is 3.94. The molecule has 1 heterocycles. The van der Waals surface area contributed by atoms with Gasteiger partial charge < -0.3 is 5.32 Å². The Hall–Kier alpha value is -0.370. The van der Waals surface area contributed by atoms with Crippen LogP contribution in [0.4, 0.5) is 0 Å². The first-order chi connectivity index (χ1) is 7.45. The largest absolute Gasteiger partial charge is 0.315 e. The second-order valence-corrected chi connectivity index (χ2v) is 5.05. The van der Waals surface area contributed by atoms with Gasteiger partial charge in [-0.3, -0.25) is 4.99 Å². The molecule has 15 heavy (non-hydrogen) atoms. The SMILES string of the molecule is C(=N[C@@H]1CCCCNC1)C1CCCCC1. The van der Waals surface area contributed by atoms with Crippen LogP contribution in [-0.2, 0) is 0 Å². The Morgan fingerprint density at radius 3 is 2.60 bits per heavy atom. The highest BCUT2D eigenvalue weighted by molar-refractivity contribution is 5.61. The summed E-state index contributed by atoms with van der Waals surface area (Å²) in [6.45, 7) is 2.29. The fourth-order valence-corrected chi connectivity index (χ4v) is 2.65. The molecule has 2 fully saturated rings. The average Bonchev–Trinajstić information content (AvgIpc) is 2.56. The van der Waals surface area contributed by atoms with Crippen molar-refractivity contribution in [1.29, 1.82) is 0 Å². The van der Waals surface area contributed by atoms with E-state index >= 15 is 0 Å². The molecule has 0 bridgehead atoms. The summed E-state index contributed by atoms with van der Waals surface area (Å²) in [6, 6.07) is 0.564. The van der Waals surface area contributed by atoms with Gasteiger partial charge in [-0.25, -0.2) is 0 Å². The standard InChI is InChI=1S/C13H24N2/c1-2-6-12(7-3-1)10-15-13-8-4-5-9-14-11-13/h10,12-14H,1-9,11H2/t13-/m1/s1. The Bertz CT molecular complexity index is 187. The van der Waals surface area contributed by atoms with Crippen molar-refractivity contribution in [3.63, 3.8) is 0 Å². The lowest BCUT2D eigenvalue weighted by Crippen LogP contribution is -2.23. The highest BCUT2D eigenvalue weighted by Gasteiger charge is 2.13. The minimum Gasteiger partial charge on any atom is -0.315 e. The van der Waals surface area contributed by atoms with Crippen LogP contribution >= 0.6 is 0 Å². The van der Waals surface area contributed by atoms with Crippen molar-refractivity contribution < 1.29 is 0 Å². The van der Waals surface area contributed by atoms with Crippen LogP contribution in [0.15, 0.2) is 4.99 Å². The summed E-state index contributed by atoms with van der Waals surface area (Å²) in [4.78, 5) is 4.78. The van der Waals surface area contributed by atoms with Crippen LogP contribution < -0.4 is 5.32 Å². The van der Waals surface area contributed by atoms with Crippen LogP contribution in [0.1, 0.15) is 51.4 Å². The Morgan fingerprint density at radius 2 is 1.73 bits per heavy atom. The summed E-state index contributed by atoms with van der Waals surface area (Å²) in [5.41, 5.74) is 0. The molecule has 0 unspecified atom stereocenters. The predicted octanol–water partition coefficient (Wildman–Crippen LogP) is 2.78. The Morgan fingerprint density at radius 1 is 0.933 bits per heavy atom. The smallest absolute Gasteiger partial charge is 0.0620 e. The average molecular weight is 208 g/mol. The molecule has 0 radical (unpaired) electrons. The molecule has 0 aromatic rings. The topological polar surface area (TPSA) is 24.4 Å². The van der Waals surface area contributed by atoms with E-state index in [-0.39, 0.29) is 0 Å². The monoisotopic (exact) mass is 208 g/mol. The summed E-state index contributed by atoms with van der Waals surface area (Å²) in [6.07, 6.45) is 13.3. The zero-order chi connectivity index (χ0) is 10.3. The fourth-order valence-electron chi connectivity index (χ4n) is 2.65. The van der Waals surface area contributed by atoms with Crippen LogP contribution in [0.3, 0.4) is 0 Å². The van der Waals surface area contributed by atoms with E-state index in [1.165, 1.54) is 57.9 Å². The van der Waals surface area contributed by atoms with E-state index in [1.807, 2.05) is 0 Å². The van der Waals surface area contributed by atoms with E-state index in [0.29, 0.717) is 6.04 Å². The van der Waals surface area contributed by atoms with Gasteiger partial charge in [-0.2, -0.15) is 0 Å². The van der Waals surface area contributed by atoms with E-state index in [4.69, 9.17) is 4.99 Å². The molecule has 1 aliphatic carbocycles. The molecule has 2 rings (SSSR count). The highest BCUT2D eigenvalue weighted by atomic mass is 14.9. The molecule has 0 spiro atoms.